The Morgan fingerprint density at radius 2 is 2.27 bits per heavy atom. The molecule has 0 bridgehead atoms. The highest BCUT2D eigenvalue weighted by Gasteiger charge is 2.21. The Labute approximate surface area is 84.6 Å². The molecule has 0 saturated heterocycles. The Bertz CT molecular complexity index is 493. The summed E-state index contributed by atoms with van der Waals surface area (Å²) in [5, 5.41) is 12.6. The van der Waals surface area contributed by atoms with Gasteiger partial charge in [0.05, 0.1) is 6.20 Å². The van der Waals surface area contributed by atoms with Crippen molar-refractivity contribution >= 4 is 5.97 Å². The molecule has 2 rings (SSSR count). The third-order valence-corrected chi connectivity index (χ3v) is 1.88. The molecular formula is C9H7N3O3. The summed E-state index contributed by atoms with van der Waals surface area (Å²) in [4.78, 5) is 18.7. The normalized spacial score (nSPS) is 10.2. The van der Waals surface area contributed by atoms with Crippen LogP contribution in [-0.2, 0) is 0 Å². The molecule has 2 aromatic rings. The Hall–Kier alpha value is -2.24. The number of hydrogen-bond donors (Lipinski definition) is 1. The van der Waals surface area contributed by atoms with Gasteiger partial charge in [0.1, 0.15) is 22.7 Å². The van der Waals surface area contributed by atoms with Crippen molar-refractivity contribution < 1.29 is 14.4 Å². The van der Waals surface area contributed by atoms with E-state index in [0.717, 1.165) is 0 Å². The van der Waals surface area contributed by atoms with Gasteiger partial charge >= 0.3 is 5.97 Å². The van der Waals surface area contributed by atoms with Crippen molar-refractivity contribution in [2.24, 2.45) is 0 Å². The third-order valence-electron chi connectivity index (χ3n) is 1.88. The predicted octanol–water partition coefficient (Wildman–Crippen LogP) is 1.14. The second-order valence-electron chi connectivity index (χ2n) is 2.86. The van der Waals surface area contributed by atoms with Gasteiger partial charge in [-0.3, -0.25) is 9.97 Å². The van der Waals surface area contributed by atoms with E-state index in [-0.39, 0.29) is 17.0 Å². The molecule has 0 aromatic carbocycles. The molecule has 76 valence electrons. The first-order valence-corrected chi connectivity index (χ1v) is 4.16. The lowest BCUT2D eigenvalue weighted by atomic mass is 10.1. The zero-order chi connectivity index (χ0) is 10.8. The number of rotatable bonds is 2. The summed E-state index contributed by atoms with van der Waals surface area (Å²) in [6, 6.07) is 0. The molecule has 0 saturated carbocycles. The van der Waals surface area contributed by atoms with E-state index in [0.29, 0.717) is 5.69 Å². The van der Waals surface area contributed by atoms with Crippen molar-refractivity contribution in [1.82, 2.24) is 15.1 Å². The van der Waals surface area contributed by atoms with Crippen LogP contribution in [-0.4, -0.2) is 26.2 Å². The monoisotopic (exact) mass is 205 g/mol. The fourth-order valence-electron chi connectivity index (χ4n) is 1.22. The maximum Gasteiger partial charge on any atom is 0.341 e. The maximum atomic E-state index is 10.9. The highest BCUT2D eigenvalue weighted by Crippen LogP contribution is 2.22. The number of carboxylic acids is 1. The minimum atomic E-state index is -1.09. The van der Waals surface area contributed by atoms with Crippen LogP contribution in [0.15, 0.2) is 23.1 Å². The van der Waals surface area contributed by atoms with Gasteiger partial charge in [-0.15, -0.1) is 0 Å². The van der Waals surface area contributed by atoms with E-state index in [9.17, 15) is 4.79 Å². The standard InChI is InChI=1S/C9H7N3O3/c1-5-7(9(13)14)8(12-15-5)6-4-10-2-3-11-6/h2-4H,1H3,(H,13,14). The molecular weight excluding hydrogens is 198 g/mol. The smallest absolute Gasteiger partial charge is 0.341 e. The second kappa shape index (κ2) is 3.49. The van der Waals surface area contributed by atoms with Crippen LogP contribution >= 0.6 is 0 Å². The van der Waals surface area contributed by atoms with Gasteiger partial charge in [0.2, 0.25) is 0 Å². The van der Waals surface area contributed by atoms with E-state index in [1.807, 2.05) is 0 Å². The zero-order valence-electron chi connectivity index (χ0n) is 7.84. The molecule has 0 fully saturated rings. The molecule has 6 heteroatoms. The van der Waals surface area contributed by atoms with Crippen molar-refractivity contribution in [3.05, 3.63) is 29.9 Å². The fraction of sp³-hybridized carbons (Fsp3) is 0.111. The number of carbonyl (C=O) groups is 1. The number of aromatic nitrogens is 3. The summed E-state index contributed by atoms with van der Waals surface area (Å²) >= 11 is 0. The highest BCUT2D eigenvalue weighted by molar-refractivity contribution is 5.95. The lowest BCUT2D eigenvalue weighted by Crippen LogP contribution is -2.00. The van der Waals surface area contributed by atoms with E-state index >= 15 is 0 Å². The minimum absolute atomic E-state index is 0.0236. The van der Waals surface area contributed by atoms with Gasteiger partial charge in [0, 0.05) is 12.4 Å². The quantitative estimate of drug-likeness (QED) is 0.790. The van der Waals surface area contributed by atoms with Gasteiger partial charge in [0.25, 0.3) is 0 Å². The van der Waals surface area contributed by atoms with Crippen molar-refractivity contribution in [3.63, 3.8) is 0 Å². The van der Waals surface area contributed by atoms with Crippen LogP contribution in [0.5, 0.6) is 0 Å². The topological polar surface area (TPSA) is 89.1 Å². The van der Waals surface area contributed by atoms with Crippen LogP contribution in [0.2, 0.25) is 0 Å². The largest absolute Gasteiger partial charge is 0.477 e. The summed E-state index contributed by atoms with van der Waals surface area (Å²) in [6.07, 6.45) is 4.39. The molecule has 1 N–H and O–H groups in total. The molecule has 0 atom stereocenters. The van der Waals surface area contributed by atoms with Crippen molar-refractivity contribution in [2.75, 3.05) is 0 Å². The van der Waals surface area contributed by atoms with Gasteiger partial charge in [-0.25, -0.2) is 4.79 Å². The maximum absolute atomic E-state index is 10.9. The van der Waals surface area contributed by atoms with Crippen molar-refractivity contribution in [1.29, 1.82) is 0 Å². The Balaban J connectivity index is 2.59. The van der Waals surface area contributed by atoms with Crippen LogP contribution in [0.3, 0.4) is 0 Å². The van der Waals surface area contributed by atoms with Gasteiger partial charge in [-0.2, -0.15) is 0 Å². The first-order valence-electron chi connectivity index (χ1n) is 4.16. The molecule has 0 unspecified atom stereocenters. The number of aryl methyl sites for hydroxylation is 1. The Morgan fingerprint density at radius 3 is 2.87 bits per heavy atom. The van der Waals surface area contributed by atoms with Gasteiger partial charge < -0.3 is 9.63 Å². The number of nitrogens with zero attached hydrogens (tertiary/aromatic N) is 3. The molecule has 0 aliphatic heterocycles. The van der Waals surface area contributed by atoms with Crippen LogP contribution in [0.1, 0.15) is 16.1 Å². The minimum Gasteiger partial charge on any atom is -0.477 e. The molecule has 0 aliphatic carbocycles. The average Bonchev–Trinajstić information content (AvgIpc) is 2.61. The number of hydrogen-bond acceptors (Lipinski definition) is 5. The first kappa shape index (κ1) is 9.32. The number of carboxylic acid groups (broad SMARTS) is 1. The van der Waals surface area contributed by atoms with Crippen molar-refractivity contribution in [2.45, 2.75) is 6.92 Å². The SMILES string of the molecule is Cc1onc(-c2cnccn2)c1C(=O)O. The molecule has 0 radical (unpaired) electrons. The van der Waals surface area contributed by atoms with Crippen molar-refractivity contribution in [3.8, 4) is 11.4 Å². The predicted molar refractivity (Wildman–Crippen MR) is 49.2 cm³/mol. The molecule has 6 nitrogen and oxygen atoms in total. The summed E-state index contributed by atoms with van der Waals surface area (Å²) in [6.45, 7) is 1.54. The fourth-order valence-corrected chi connectivity index (χ4v) is 1.22. The van der Waals surface area contributed by atoms with E-state index in [1.165, 1.54) is 25.5 Å². The Morgan fingerprint density at radius 1 is 1.47 bits per heavy atom. The zero-order valence-corrected chi connectivity index (χ0v) is 7.84. The van der Waals surface area contributed by atoms with E-state index in [2.05, 4.69) is 15.1 Å². The molecule has 2 aromatic heterocycles. The summed E-state index contributed by atoms with van der Waals surface area (Å²) in [5.74, 6) is -0.836. The van der Waals surface area contributed by atoms with E-state index in [1.54, 1.807) is 0 Å². The van der Waals surface area contributed by atoms with E-state index < -0.39 is 5.97 Å². The lowest BCUT2D eigenvalue weighted by Gasteiger charge is -1.95. The second-order valence-corrected chi connectivity index (χ2v) is 2.86. The van der Waals surface area contributed by atoms with E-state index in [4.69, 9.17) is 9.63 Å². The van der Waals surface area contributed by atoms with Crippen LogP contribution in [0, 0.1) is 6.92 Å². The van der Waals surface area contributed by atoms with Gasteiger partial charge in [0.15, 0.2) is 0 Å². The molecule has 2 heterocycles. The summed E-state index contributed by atoms with van der Waals surface area (Å²) < 4.78 is 4.81. The van der Waals surface area contributed by atoms with Gasteiger partial charge in [-0.1, -0.05) is 5.16 Å². The molecule has 15 heavy (non-hydrogen) atoms. The Kier molecular flexibility index (Phi) is 2.17. The first-order chi connectivity index (χ1) is 7.20. The third kappa shape index (κ3) is 1.56. The van der Waals surface area contributed by atoms with Crippen LogP contribution < -0.4 is 0 Å². The molecule has 0 spiro atoms. The molecule has 0 amide bonds. The highest BCUT2D eigenvalue weighted by atomic mass is 16.5. The summed E-state index contributed by atoms with van der Waals surface area (Å²) in [7, 11) is 0. The van der Waals surface area contributed by atoms with Gasteiger partial charge in [-0.05, 0) is 6.92 Å². The number of aromatic carboxylic acids is 1. The summed E-state index contributed by atoms with van der Waals surface area (Å²) in [5.41, 5.74) is 0.607. The molecule has 0 aliphatic rings. The lowest BCUT2D eigenvalue weighted by molar-refractivity contribution is 0.0695. The van der Waals surface area contributed by atoms with Crippen LogP contribution in [0.25, 0.3) is 11.4 Å². The average molecular weight is 205 g/mol. The van der Waals surface area contributed by atoms with Crippen LogP contribution in [0.4, 0.5) is 0 Å².